The molecule has 2 rings (SSSR count). The van der Waals surface area contributed by atoms with Gasteiger partial charge >= 0.3 is 0 Å². The normalized spacial score (nSPS) is 12.2. The fourth-order valence-corrected chi connectivity index (χ4v) is 1.95. The van der Waals surface area contributed by atoms with Gasteiger partial charge in [-0.3, -0.25) is 9.48 Å². The van der Waals surface area contributed by atoms with Crippen LogP contribution >= 0.6 is 0 Å². The first-order valence-electron chi connectivity index (χ1n) is 6.98. The maximum absolute atomic E-state index is 13.3. The molecule has 0 fully saturated rings. The van der Waals surface area contributed by atoms with Gasteiger partial charge in [0.25, 0.3) is 0 Å². The first kappa shape index (κ1) is 15.2. The van der Waals surface area contributed by atoms with Crippen LogP contribution < -0.4 is 4.74 Å². The van der Waals surface area contributed by atoms with Crippen molar-refractivity contribution in [1.29, 1.82) is 0 Å². The number of hydrogen-bond donors (Lipinski definition) is 0. The molecule has 112 valence electrons. The van der Waals surface area contributed by atoms with E-state index in [-0.39, 0.29) is 18.1 Å². The molecule has 1 aromatic heterocycles. The Hall–Kier alpha value is -2.17. The van der Waals surface area contributed by atoms with Crippen LogP contribution in [-0.2, 0) is 6.61 Å². The number of carbonyl (C=O) groups excluding carboxylic acids is 1. The fourth-order valence-electron chi connectivity index (χ4n) is 1.95. The molecule has 1 aromatic carbocycles. The average Bonchev–Trinajstić information content (AvgIpc) is 2.93. The molecule has 0 spiro atoms. The lowest BCUT2D eigenvalue weighted by atomic mass is 10.1. The maximum Gasteiger partial charge on any atom is 0.163 e. The summed E-state index contributed by atoms with van der Waals surface area (Å²) in [5, 5.41) is 4.41. The summed E-state index contributed by atoms with van der Waals surface area (Å²) in [7, 11) is 0. The quantitative estimate of drug-likeness (QED) is 0.761. The van der Waals surface area contributed by atoms with E-state index < -0.39 is 5.82 Å². The number of hydrogen-bond acceptors (Lipinski definition) is 3. The van der Waals surface area contributed by atoms with E-state index in [1.54, 1.807) is 0 Å². The minimum absolute atomic E-state index is 0.157. The topological polar surface area (TPSA) is 44.1 Å². The lowest BCUT2D eigenvalue weighted by Gasteiger charge is -2.10. The van der Waals surface area contributed by atoms with Gasteiger partial charge in [0, 0.05) is 18.3 Å². The summed E-state index contributed by atoms with van der Waals surface area (Å²) in [5.41, 5.74) is 1.12. The first-order chi connectivity index (χ1) is 10.0. The van der Waals surface area contributed by atoms with Crippen molar-refractivity contribution in [2.24, 2.45) is 0 Å². The zero-order valence-electron chi connectivity index (χ0n) is 12.5. The molecule has 0 radical (unpaired) electrons. The summed E-state index contributed by atoms with van der Waals surface area (Å²) in [6.45, 7) is 5.80. The minimum Gasteiger partial charge on any atom is -0.486 e. The molecule has 21 heavy (non-hydrogen) atoms. The smallest absolute Gasteiger partial charge is 0.163 e. The van der Waals surface area contributed by atoms with Gasteiger partial charge in [0.15, 0.2) is 5.78 Å². The Kier molecular flexibility index (Phi) is 4.73. The molecule has 0 amide bonds. The summed E-state index contributed by atoms with van der Waals surface area (Å²) in [6, 6.07) is 6.09. The summed E-state index contributed by atoms with van der Waals surface area (Å²) in [5.74, 6) is -0.337. The molecule has 5 heteroatoms. The zero-order chi connectivity index (χ0) is 15.4. The van der Waals surface area contributed by atoms with Gasteiger partial charge in [0.1, 0.15) is 18.2 Å². The van der Waals surface area contributed by atoms with E-state index in [2.05, 4.69) is 18.9 Å². The van der Waals surface area contributed by atoms with Crippen LogP contribution in [0.15, 0.2) is 30.5 Å². The number of aromatic nitrogens is 2. The highest BCUT2D eigenvalue weighted by atomic mass is 19.1. The van der Waals surface area contributed by atoms with Crippen molar-refractivity contribution in [3.8, 4) is 5.75 Å². The largest absolute Gasteiger partial charge is 0.486 e. The molecule has 1 heterocycles. The Morgan fingerprint density at radius 1 is 1.43 bits per heavy atom. The number of carbonyl (C=O) groups is 1. The summed E-state index contributed by atoms with van der Waals surface area (Å²) < 4.78 is 20.7. The molecule has 0 saturated carbocycles. The average molecular weight is 290 g/mol. The van der Waals surface area contributed by atoms with Gasteiger partial charge in [0.2, 0.25) is 0 Å². The number of ketones is 1. The van der Waals surface area contributed by atoms with Crippen molar-refractivity contribution in [3.05, 3.63) is 47.5 Å². The van der Waals surface area contributed by atoms with Crippen LogP contribution in [0.2, 0.25) is 0 Å². The number of ether oxygens (including phenoxy) is 1. The van der Waals surface area contributed by atoms with Crippen LogP contribution in [0.3, 0.4) is 0 Å². The van der Waals surface area contributed by atoms with Crippen molar-refractivity contribution in [1.82, 2.24) is 9.78 Å². The fraction of sp³-hybridized carbons (Fsp3) is 0.375. The molecular weight excluding hydrogens is 271 g/mol. The number of benzene rings is 1. The van der Waals surface area contributed by atoms with Crippen LogP contribution in [0.25, 0.3) is 0 Å². The first-order valence-corrected chi connectivity index (χ1v) is 6.98. The van der Waals surface area contributed by atoms with Gasteiger partial charge in [-0.25, -0.2) is 4.39 Å². The monoisotopic (exact) mass is 290 g/mol. The van der Waals surface area contributed by atoms with Crippen molar-refractivity contribution >= 4 is 5.78 Å². The van der Waals surface area contributed by atoms with Crippen LogP contribution in [0, 0.1) is 5.82 Å². The molecule has 4 nitrogen and oxygen atoms in total. The van der Waals surface area contributed by atoms with Crippen LogP contribution in [0.5, 0.6) is 5.75 Å². The van der Waals surface area contributed by atoms with E-state index in [1.807, 2.05) is 16.9 Å². The Morgan fingerprint density at radius 2 is 2.19 bits per heavy atom. The predicted molar refractivity (Wildman–Crippen MR) is 78.0 cm³/mol. The highest BCUT2D eigenvalue weighted by Crippen LogP contribution is 2.21. The van der Waals surface area contributed by atoms with Crippen molar-refractivity contribution in [2.45, 2.75) is 39.8 Å². The van der Waals surface area contributed by atoms with Crippen LogP contribution in [0.4, 0.5) is 4.39 Å². The van der Waals surface area contributed by atoms with E-state index in [9.17, 15) is 9.18 Å². The van der Waals surface area contributed by atoms with E-state index >= 15 is 0 Å². The second-order valence-electron chi connectivity index (χ2n) is 5.03. The van der Waals surface area contributed by atoms with Crippen molar-refractivity contribution < 1.29 is 13.9 Å². The molecular formula is C16H19FN2O2. The molecule has 0 bridgehead atoms. The summed E-state index contributed by atoms with van der Waals surface area (Å²) in [6.07, 6.45) is 2.88. The molecule has 1 atom stereocenters. The number of nitrogens with zero attached hydrogens (tertiary/aromatic N) is 2. The second kappa shape index (κ2) is 6.52. The van der Waals surface area contributed by atoms with Gasteiger partial charge in [-0.05, 0) is 38.5 Å². The van der Waals surface area contributed by atoms with E-state index in [1.165, 1.54) is 25.1 Å². The molecule has 0 aliphatic heterocycles. The third-order valence-electron chi connectivity index (χ3n) is 3.40. The standard InChI is InChI=1S/C16H19FN2O2/c1-4-11(2)19-8-7-14(18-19)10-21-16-9-13(17)5-6-15(16)12(3)20/h5-9,11H,4,10H2,1-3H3. The number of Topliss-reactive ketones (excluding diaryl/α,β-unsaturated/α-hetero) is 1. The van der Waals surface area contributed by atoms with Gasteiger partial charge in [0.05, 0.1) is 11.3 Å². The van der Waals surface area contributed by atoms with Crippen LogP contribution in [-0.4, -0.2) is 15.6 Å². The lowest BCUT2D eigenvalue weighted by Crippen LogP contribution is -2.06. The van der Waals surface area contributed by atoms with Crippen molar-refractivity contribution in [2.75, 3.05) is 0 Å². The Bertz CT molecular complexity index is 637. The highest BCUT2D eigenvalue weighted by Gasteiger charge is 2.11. The third kappa shape index (κ3) is 3.68. The third-order valence-corrected chi connectivity index (χ3v) is 3.40. The number of rotatable bonds is 6. The van der Waals surface area contributed by atoms with E-state index in [0.29, 0.717) is 11.6 Å². The van der Waals surface area contributed by atoms with E-state index in [4.69, 9.17) is 4.74 Å². The van der Waals surface area contributed by atoms with Gasteiger partial charge < -0.3 is 4.74 Å². The molecule has 1 unspecified atom stereocenters. The van der Waals surface area contributed by atoms with Crippen molar-refractivity contribution in [3.63, 3.8) is 0 Å². The SMILES string of the molecule is CCC(C)n1ccc(COc2cc(F)ccc2C(C)=O)n1. The molecule has 0 N–H and O–H groups in total. The lowest BCUT2D eigenvalue weighted by molar-refractivity contribution is 0.101. The number of halogens is 1. The summed E-state index contributed by atoms with van der Waals surface area (Å²) in [4.78, 5) is 11.5. The Labute approximate surface area is 123 Å². The molecule has 0 saturated heterocycles. The zero-order valence-corrected chi connectivity index (χ0v) is 12.5. The Balaban J connectivity index is 2.11. The molecule has 0 aliphatic carbocycles. The van der Waals surface area contributed by atoms with Gasteiger partial charge in [-0.15, -0.1) is 0 Å². The molecule has 2 aromatic rings. The van der Waals surface area contributed by atoms with Gasteiger partial charge in [-0.1, -0.05) is 6.92 Å². The highest BCUT2D eigenvalue weighted by molar-refractivity contribution is 5.96. The molecule has 0 aliphatic rings. The Morgan fingerprint density at radius 3 is 2.86 bits per heavy atom. The predicted octanol–water partition coefficient (Wildman–Crippen LogP) is 3.77. The maximum atomic E-state index is 13.3. The minimum atomic E-state index is -0.430. The van der Waals surface area contributed by atoms with Crippen LogP contribution in [0.1, 0.15) is 49.3 Å². The second-order valence-corrected chi connectivity index (χ2v) is 5.03. The van der Waals surface area contributed by atoms with Gasteiger partial charge in [-0.2, -0.15) is 5.10 Å². The van der Waals surface area contributed by atoms with E-state index in [0.717, 1.165) is 12.1 Å². The summed E-state index contributed by atoms with van der Waals surface area (Å²) >= 11 is 0.